The van der Waals surface area contributed by atoms with Crippen molar-refractivity contribution in [3.8, 4) is 0 Å². The number of aromatic amines is 1. The monoisotopic (exact) mass is 344 g/mol. The normalized spacial score (nSPS) is 10.8. The second-order valence-electron chi connectivity index (χ2n) is 6.20. The average Bonchev–Trinajstić information content (AvgIpc) is 3.06. The highest BCUT2D eigenvalue weighted by Crippen LogP contribution is 2.18. The van der Waals surface area contributed by atoms with Crippen molar-refractivity contribution in [1.29, 1.82) is 0 Å². The van der Waals surface area contributed by atoms with Crippen LogP contribution in [0, 0.1) is 6.92 Å². The molecular weight excluding hydrogens is 324 g/mol. The number of nitrogens with zero attached hydrogens (tertiary/aromatic N) is 3. The second-order valence-corrected chi connectivity index (χ2v) is 6.20. The fraction of sp³-hybridized carbons (Fsp3) is 0.150. The number of fused-ring (bicyclic) bond motifs is 1. The Morgan fingerprint density at radius 1 is 1.08 bits per heavy atom. The van der Waals surface area contributed by atoms with Gasteiger partial charge in [0.25, 0.3) is 0 Å². The van der Waals surface area contributed by atoms with E-state index in [2.05, 4.69) is 74.3 Å². The van der Waals surface area contributed by atoms with Gasteiger partial charge in [-0.3, -0.25) is 0 Å². The van der Waals surface area contributed by atoms with Gasteiger partial charge in [-0.2, -0.15) is 10.1 Å². The van der Waals surface area contributed by atoms with E-state index in [1.54, 1.807) is 6.20 Å². The van der Waals surface area contributed by atoms with Crippen LogP contribution >= 0.6 is 0 Å². The van der Waals surface area contributed by atoms with E-state index >= 15 is 0 Å². The maximum Gasteiger partial charge on any atom is 0.244 e. The molecule has 0 fully saturated rings. The molecule has 4 aromatic rings. The lowest BCUT2D eigenvalue weighted by Gasteiger charge is -2.08. The third-order valence-corrected chi connectivity index (χ3v) is 4.20. The maximum absolute atomic E-state index is 4.48. The molecule has 0 aliphatic carbocycles. The van der Waals surface area contributed by atoms with Gasteiger partial charge in [0.2, 0.25) is 5.95 Å². The zero-order valence-corrected chi connectivity index (χ0v) is 14.5. The predicted molar refractivity (Wildman–Crippen MR) is 105 cm³/mol. The lowest BCUT2D eigenvalue weighted by atomic mass is 10.1. The number of hydrogen-bond acceptors (Lipinski definition) is 5. The first-order valence-corrected chi connectivity index (χ1v) is 8.60. The van der Waals surface area contributed by atoms with E-state index < -0.39 is 0 Å². The van der Waals surface area contributed by atoms with E-state index in [1.807, 2.05) is 18.2 Å². The van der Waals surface area contributed by atoms with Gasteiger partial charge in [-0.15, -0.1) is 5.10 Å². The van der Waals surface area contributed by atoms with Crippen LogP contribution in [0.4, 0.5) is 17.5 Å². The van der Waals surface area contributed by atoms with Crippen molar-refractivity contribution in [2.24, 2.45) is 0 Å². The Kier molecular flexibility index (Phi) is 4.47. The Labute approximate surface area is 151 Å². The van der Waals surface area contributed by atoms with Gasteiger partial charge >= 0.3 is 0 Å². The molecule has 0 spiro atoms. The molecule has 0 atom stereocenters. The van der Waals surface area contributed by atoms with Gasteiger partial charge in [-0.25, -0.2) is 0 Å². The molecule has 2 aromatic carbocycles. The maximum atomic E-state index is 4.48. The quantitative estimate of drug-likeness (QED) is 0.492. The number of aryl methyl sites for hydroxylation is 1. The summed E-state index contributed by atoms with van der Waals surface area (Å²) in [5.41, 5.74) is 4.60. The molecule has 0 saturated heterocycles. The SMILES string of the molecule is Cc1cccc(Nc2cnnc(NCCc3c[nH]c4ccccc34)n2)c1. The summed E-state index contributed by atoms with van der Waals surface area (Å²) in [5, 5.41) is 15.8. The van der Waals surface area contributed by atoms with Gasteiger partial charge < -0.3 is 15.6 Å². The molecule has 0 aliphatic rings. The van der Waals surface area contributed by atoms with Crippen molar-refractivity contribution in [3.63, 3.8) is 0 Å². The van der Waals surface area contributed by atoms with Gasteiger partial charge in [-0.05, 0) is 42.7 Å². The number of benzene rings is 2. The summed E-state index contributed by atoms with van der Waals surface area (Å²) in [5.74, 6) is 1.18. The van der Waals surface area contributed by atoms with Gasteiger partial charge in [0.15, 0.2) is 5.82 Å². The first kappa shape index (κ1) is 16.1. The molecule has 2 aromatic heterocycles. The molecule has 0 amide bonds. The average molecular weight is 344 g/mol. The standard InChI is InChI=1S/C20H20N6/c1-14-5-4-6-16(11-14)24-19-13-23-26-20(25-19)21-10-9-15-12-22-18-8-3-2-7-17(15)18/h2-8,11-13,22H,9-10H2,1H3,(H2,21,24,25,26). The Morgan fingerprint density at radius 3 is 2.92 bits per heavy atom. The molecular formula is C20H20N6. The molecule has 4 rings (SSSR count). The van der Waals surface area contributed by atoms with Gasteiger partial charge in [0.05, 0.1) is 6.20 Å². The van der Waals surface area contributed by atoms with E-state index in [9.17, 15) is 0 Å². The van der Waals surface area contributed by atoms with E-state index in [0.717, 1.165) is 24.2 Å². The number of para-hydroxylation sites is 1. The van der Waals surface area contributed by atoms with Crippen molar-refractivity contribution in [2.45, 2.75) is 13.3 Å². The minimum Gasteiger partial charge on any atom is -0.361 e. The smallest absolute Gasteiger partial charge is 0.244 e. The van der Waals surface area contributed by atoms with Crippen LogP contribution < -0.4 is 10.6 Å². The van der Waals surface area contributed by atoms with Gasteiger partial charge in [-0.1, -0.05) is 30.3 Å². The molecule has 3 N–H and O–H groups in total. The van der Waals surface area contributed by atoms with Crippen LogP contribution in [-0.4, -0.2) is 26.7 Å². The van der Waals surface area contributed by atoms with Crippen molar-refractivity contribution in [1.82, 2.24) is 20.2 Å². The minimum absolute atomic E-state index is 0.516. The summed E-state index contributed by atoms with van der Waals surface area (Å²) in [7, 11) is 0. The molecule has 2 heterocycles. The molecule has 26 heavy (non-hydrogen) atoms. The highest BCUT2D eigenvalue weighted by atomic mass is 15.3. The summed E-state index contributed by atoms with van der Waals surface area (Å²) in [6, 6.07) is 16.4. The Hall–Kier alpha value is -3.41. The lowest BCUT2D eigenvalue weighted by molar-refractivity contribution is 0.931. The van der Waals surface area contributed by atoms with Crippen LogP contribution in [0.2, 0.25) is 0 Å². The first-order valence-electron chi connectivity index (χ1n) is 8.60. The zero-order valence-electron chi connectivity index (χ0n) is 14.5. The third kappa shape index (κ3) is 3.64. The number of rotatable bonds is 6. The number of H-pyrrole nitrogens is 1. The second kappa shape index (κ2) is 7.23. The summed E-state index contributed by atoms with van der Waals surface area (Å²) in [4.78, 5) is 7.77. The molecule has 6 heteroatoms. The lowest BCUT2D eigenvalue weighted by Crippen LogP contribution is -2.09. The zero-order chi connectivity index (χ0) is 17.8. The Morgan fingerprint density at radius 2 is 2.00 bits per heavy atom. The van der Waals surface area contributed by atoms with Crippen molar-refractivity contribution < 1.29 is 0 Å². The molecule has 0 unspecified atom stereocenters. The van der Waals surface area contributed by atoms with Crippen LogP contribution in [-0.2, 0) is 6.42 Å². The van der Waals surface area contributed by atoms with Crippen LogP contribution in [0.15, 0.2) is 60.9 Å². The topological polar surface area (TPSA) is 78.5 Å². The molecule has 0 radical (unpaired) electrons. The number of hydrogen-bond donors (Lipinski definition) is 3. The largest absolute Gasteiger partial charge is 0.361 e. The van der Waals surface area contributed by atoms with Crippen molar-refractivity contribution in [3.05, 3.63) is 72.1 Å². The summed E-state index contributed by atoms with van der Waals surface area (Å²) >= 11 is 0. The Bertz CT molecular complexity index is 1020. The van der Waals surface area contributed by atoms with E-state index in [4.69, 9.17) is 0 Å². The number of aromatic nitrogens is 4. The first-order chi connectivity index (χ1) is 12.8. The summed E-state index contributed by atoms with van der Waals surface area (Å²) in [6.07, 6.45) is 4.55. The molecule has 130 valence electrons. The van der Waals surface area contributed by atoms with E-state index in [1.165, 1.54) is 16.5 Å². The predicted octanol–water partition coefficient (Wildman–Crippen LogP) is 4.06. The van der Waals surface area contributed by atoms with E-state index in [-0.39, 0.29) is 0 Å². The number of nitrogens with one attached hydrogen (secondary N) is 3. The van der Waals surface area contributed by atoms with Crippen LogP contribution in [0.5, 0.6) is 0 Å². The van der Waals surface area contributed by atoms with Crippen molar-refractivity contribution >= 4 is 28.4 Å². The minimum atomic E-state index is 0.516. The highest BCUT2D eigenvalue weighted by Gasteiger charge is 2.04. The summed E-state index contributed by atoms with van der Waals surface area (Å²) in [6.45, 7) is 2.79. The van der Waals surface area contributed by atoms with E-state index in [0.29, 0.717) is 11.8 Å². The van der Waals surface area contributed by atoms with Gasteiger partial charge in [0.1, 0.15) is 0 Å². The Balaban J connectivity index is 1.39. The van der Waals surface area contributed by atoms with Crippen LogP contribution in [0.25, 0.3) is 10.9 Å². The van der Waals surface area contributed by atoms with Crippen LogP contribution in [0.3, 0.4) is 0 Å². The highest BCUT2D eigenvalue weighted by molar-refractivity contribution is 5.83. The van der Waals surface area contributed by atoms with Gasteiger partial charge in [0, 0.05) is 29.3 Å². The molecule has 0 aliphatic heterocycles. The number of anilines is 3. The van der Waals surface area contributed by atoms with Crippen molar-refractivity contribution in [2.75, 3.05) is 17.2 Å². The fourth-order valence-corrected chi connectivity index (χ4v) is 2.96. The molecule has 0 bridgehead atoms. The fourth-order valence-electron chi connectivity index (χ4n) is 2.96. The molecule has 6 nitrogen and oxygen atoms in total. The summed E-state index contributed by atoms with van der Waals surface area (Å²) < 4.78 is 0. The molecule has 0 saturated carbocycles. The third-order valence-electron chi connectivity index (χ3n) is 4.20. The van der Waals surface area contributed by atoms with Crippen LogP contribution in [0.1, 0.15) is 11.1 Å².